The van der Waals surface area contributed by atoms with Gasteiger partial charge >= 0.3 is 0 Å². The molecule has 2 aromatic rings. The number of aliphatic hydroxyl groups is 1. The van der Waals surface area contributed by atoms with Crippen LogP contribution in [-0.4, -0.2) is 11.7 Å². The molecule has 0 aliphatic carbocycles. The summed E-state index contributed by atoms with van der Waals surface area (Å²) in [4.78, 5) is 0. The van der Waals surface area contributed by atoms with Gasteiger partial charge in [-0.05, 0) is 42.7 Å². The summed E-state index contributed by atoms with van der Waals surface area (Å²) in [5, 5.41) is 12.6. The fraction of sp³-hybridized carbons (Fsp3) is 0.250. The molecule has 1 unspecified atom stereocenters. The molecule has 0 aromatic heterocycles. The smallest absolute Gasteiger partial charge is 0.146 e. The number of aryl methyl sites for hydroxylation is 1. The maximum absolute atomic E-state index is 13.6. The van der Waals surface area contributed by atoms with Crippen LogP contribution in [0.15, 0.2) is 42.5 Å². The highest BCUT2D eigenvalue weighted by Gasteiger charge is 2.14. The van der Waals surface area contributed by atoms with Crippen LogP contribution in [0.2, 0.25) is 0 Å². The minimum Gasteiger partial charge on any atom is -0.394 e. The summed E-state index contributed by atoms with van der Waals surface area (Å²) in [6.45, 7) is 3.95. The molecule has 2 rings (SSSR count). The zero-order chi connectivity index (χ0) is 13.8. The highest BCUT2D eigenvalue weighted by atomic mass is 19.1. The van der Waals surface area contributed by atoms with Gasteiger partial charge in [-0.15, -0.1) is 0 Å². The average Bonchev–Trinajstić information content (AvgIpc) is 2.41. The van der Waals surface area contributed by atoms with E-state index in [1.165, 1.54) is 6.07 Å². The van der Waals surface area contributed by atoms with E-state index in [-0.39, 0.29) is 18.5 Å². The maximum Gasteiger partial charge on any atom is 0.146 e. The van der Waals surface area contributed by atoms with Crippen LogP contribution in [-0.2, 0) is 0 Å². The lowest BCUT2D eigenvalue weighted by molar-refractivity contribution is 0.275. The first-order valence-corrected chi connectivity index (χ1v) is 6.31. The number of hydrogen-bond donors (Lipinski definition) is 2. The minimum atomic E-state index is -0.314. The van der Waals surface area contributed by atoms with Gasteiger partial charge in [0, 0.05) is 0 Å². The average molecular weight is 259 g/mol. The third-order valence-electron chi connectivity index (χ3n) is 3.41. The van der Waals surface area contributed by atoms with Crippen LogP contribution in [0.1, 0.15) is 22.7 Å². The van der Waals surface area contributed by atoms with E-state index in [9.17, 15) is 9.50 Å². The van der Waals surface area contributed by atoms with Crippen molar-refractivity contribution in [2.75, 3.05) is 11.9 Å². The lowest BCUT2D eigenvalue weighted by Gasteiger charge is -2.21. The van der Waals surface area contributed by atoms with E-state index in [4.69, 9.17) is 0 Å². The maximum atomic E-state index is 13.6. The normalized spacial score (nSPS) is 12.2. The Morgan fingerprint density at radius 2 is 1.84 bits per heavy atom. The Bertz CT molecular complexity index is 568. The molecular weight excluding hydrogens is 241 g/mol. The van der Waals surface area contributed by atoms with E-state index in [1.807, 2.05) is 32.0 Å². The van der Waals surface area contributed by atoms with Crippen molar-refractivity contribution in [2.45, 2.75) is 19.9 Å². The molecular formula is C16H18FNO. The van der Waals surface area contributed by atoms with E-state index in [0.29, 0.717) is 5.69 Å². The molecule has 0 aliphatic heterocycles. The van der Waals surface area contributed by atoms with Gasteiger partial charge < -0.3 is 10.4 Å². The van der Waals surface area contributed by atoms with E-state index in [0.717, 1.165) is 16.7 Å². The lowest BCUT2D eigenvalue weighted by atomic mass is 9.97. The first kappa shape index (κ1) is 13.6. The molecule has 19 heavy (non-hydrogen) atoms. The number of anilines is 1. The van der Waals surface area contributed by atoms with E-state index in [1.54, 1.807) is 18.2 Å². The van der Waals surface area contributed by atoms with E-state index >= 15 is 0 Å². The Balaban J connectivity index is 2.31. The molecule has 0 radical (unpaired) electrons. The highest BCUT2D eigenvalue weighted by molar-refractivity contribution is 5.48. The number of benzene rings is 2. The van der Waals surface area contributed by atoms with Crippen LogP contribution in [0.4, 0.5) is 10.1 Å². The van der Waals surface area contributed by atoms with Crippen LogP contribution in [0.25, 0.3) is 0 Å². The van der Waals surface area contributed by atoms with Crippen molar-refractivity contribution >= 4 is 5.69 Å². The van der Waals surface area contributed by atoms with Crippen LogP contribution in [0, 0.1) is 19.7 Å². The predicted molar refractivity (Wildman–Crippen MR) is 75.8 cm³/mol. The highest BCUT2D eigenvalue weighted by Crippen LogP contribution is 2.25. The molecule has 2 aromatic carbocycles. The minimum absolute atomic E-state index is 0.0847. The molecule has 2 nitrogen and oxygen atoms in total. The van der Waals surface area contributed by atoms with Crippen LogP contribution < -0.4 is 5.32 Å². The summed E-state index contributed by atoms with van der Waals surface area (Å²) in [5.74, 6) is -0.314. The SMILES string of the molecule is Cc1cccc(C(CO)Nc2ccccc2F)c1C. The molecule has 0 fully saturated rings. The van der Waals surface area contributed by atoms with Crippen molar-refractivity contribution < 1.29 is 9.50 Å². The van der Waals surface area contributed by atoms with E-state index < -0.39 is 0 Å². The second kappa shape index (κ2) is 5.85. The predicted octanol–water partition coefficient (Wildman–Crippen LogP) is 3.59. The summed E-state index contributed by atoms with van der Waals surface area (Å²) in [7, 11) is 0. The number of rotatable bonds is 4. The van der Waals surface area contributed by atoms with Crippen molar-refractivity contribution in [1.82, 2.24) is 0 Å². The van der Waals surface area contributed by atoms with Gasteiger partial charge in [0.25, 0.3) is 0 Å². The first-order valence-electron chi connectivity index (χ1n) is 6.31. The van der Waals surface area contributed by atoms with Gasteiger partial charge in [0.1, 0.15) is 5.82 Å². The molecule has 3 heteroatoms. The third kappa shape index (κ3) is 2.93. The number of aliphatic hydroxyl groups excluding tert-OH is 1. The molecule has 0 saturated carbocycles. The first-order chi connectivity index (χ1) is 9.13. The third-order valence-corrected chi connectivity index (χ3v) is 3.41. The molecule has 2 N–H and O–H groups in total. The Kier molecular flexibility index (Phi) is 4.17. The van der Waals surface area contributed by atoms with Crippen molar-refractivity contribution in [1.29, 1.82) is 0 Å². The second-order valence-corrected chi connectivity index (χ2v) is 4.65. The summed E-state index contributed by atoms with van der Waals surface area (Å²) in [6.07, 6.45) is 0. The summed E-state index contributed by atoms with van der Waals surface area (Å²) >= 11 is 0. The van der Waals surface area contributed by atoms with Gasteiger partial charge in [-0.3, -0.25) is 0 Å². The van der Waals surface area contributed by atoms with Gasteiger partial charge in [-0.1, -0.05) is 30.3 Å². The molecule has 0 spiro atoms. The molecule has 0 aliphatic rings. The summed E-state index contributed by atoms with van der Waals surface area (Å²) in [6, 6.07) is 12.1. The van der Waals surface area contributed by atoms with Crippen molar-refractivity contribution in [3.63, 3.8) is 0 Å². The number of para-hydroxylation sites is 1. The lowest BCUT2D eigenvalue weighted by Crippen LogP contribution is -2.17. The van der Waals surface area contributed by atoms with Gasteiger partial charge in [0.2, 0.25) is 0 Å². The monoisotopic (exact) mass is 259 g/mol. The van der Waals surface area contributed by atoms with Gasteiger partial charge in [0.15, 0.2) is 0 Å². The van der Waals surface area contributed by atoms with Crippen molar-refractivity contribution in [3.05, 3.63) is 65.0 Å². The van der Waals surface area contributed by atoms with Crippen LogP contribution in [0.5, 0.6) is 0 Å². The Hall–Kier alpha value is -1.87. The molecule has 0 bridgehead atoms. The topological polar surface area (TPSA) is 32.3 Å². The fourth-order valence-electron chi connectivity index (χ4n) is 2.14. The molecule has 1 atom stereocenters. The molecule has 100 valence electrons. The van der Waals surface area contributed by atoms with Gasteiger partial charge in [-0.2, -0.15) is 0 Å². The molecule has 0 saturated heterocycles. The summed E-state index contributed by atoms with van der Waals surface area (Å²) in [5.41, 5.74) is 3.67. The standard InChI is InChI=1S/C16H18FNO/c1-11-6-5-7-13(12(11)2)16(10-19)18-15-9-4-3-8-14(15)17/h3-9,16,18-19H,10H2,1-2H3. The Morgan fingerprint density at radius 1 is 1.11 bits per heavy atom. The summed E-state index contributed by atoms with van der Waals surface area (Å²) < 4.78 is 13.6. The van der Waals surface area contributed by atoms with Crippen LogP contribution >= 0.6 is 0 Å². The Morgan fingerprint density at radius 3 is 2.53 bits per heavy atom. The largest absolute Gasteiger partial charge is 0.394 e. The zero-order valence-corrected chi connectivity index (χ0v) is 11.2. The molecule has 0 amide bonds. The number of hydrogen-bond acceptors (Lipinski definition) is 2. The van der Waals surface area contributed by atoms with E-state index in [2.05, 4.69) is 5.32 Å². The molecule has 0 heterocycles. The zero-order valence-electron chi connectivity index (χ0n) is 11.2. The van der Waals surface area contributed by atoms with Crippen molar-refractivity contribution in [3.8, 4) is 0 Å². The number of halogens is 1. The second-order valence-electron chi connectivity index (χ2n) is 4.65. The fourth-order valence-corrected chi connectivity index (χ4v) is 2.14. The Labute approximate surface area is 112 Å². The van der Waals surface area contributed by atoms with Crippen LogP contribution in [0.3, 0.4) is 0 Å². The van der Waals surface area contributed by atoms with Crippen molar-refractivity contribution in [2.24, 2.45) is 0 Å². The van der Waals surface area contributed by atoms with Gasteiger partial charge in [-0.25, -0.2) is 4.39 Å². The quantitative estimate of drug-likeness (QED) is 0.879. The van der Waals surface area contributed by atoms with Gasteiger partial charge in [0.05, 0.1) is 18.3 Å². The number of nitrogens with one attached hydrogen (secondary N) is 1.